The van der Waals surface area contributed by atoms with Crippen molar-refractivity contribution in [3.8, 4) is 11.5 Å². The summed E-state index contributed by atoms with van der Waals surface area (Å²) < 4.78 is 5.83. The zero-order valence-electron chi connectivity index (χ0n) is 23.1. The molecule has 0 N–H and O–H groups in total. The van der Waals surface area contributed by atoms with Gasteiger partial charge in [0.15, 0.2) is 5.58 Å². The highest BCUT2D eigenvalue weighted by Crippen LogP contribution is 2.32. The molecule has 1 atom stereocenters. The smallest absolute Gasteiger partial charge is 0.288 e. The van der Waals surface area contributed by atoms with Gasteiger partial charge in [0.2, 0.25) is 11.8 Å². The van der Waals surface area contributed by atoms with E-state index in [9.17, 15) is 24.5 Å². The fourth-order valence-corrected chi connectivity index (χ4v) is 5.81. The number of carbonyl (C=O) groups excluding carboxylic acids is 3. The Kier molecular flexibility index (Phi) is 7.77. The van der Waals surface area contributed by atoms with Crippen LogP contribution in [0.2, 0.25) is 5.02 Å². The predicted octanol–water partition coefficient (Wildman–Crippen LogP) is 6.72. The quantitative estimate of drug-likeness (QED) is 0.0953. The zero-order valence-corrected chi connectivity index (χ0v) is 23.8. The van der Waals surface area contributed by atoms with Gasteiger partial charge >= 0.3 is 0 Å². The van der Waals surface area contributed by atoms with Crippen LogP contribution in [-0.2, 0) is 9.59 Å². The van der Waals surface area contributed by atoms with Gasteiger partial charge in [-0.25, -0.2) is 9.88 Å². The van der Waals surface area contributed by atoms with Crippen molar-refractivity contribution in [2.45, 2.75) is 44.6 Å². The minimum absolute atomic E-state index is 0.0233. The molecule has 1 fully saturated rings. The second kappa shape index (κ2) is 11.8. The van der Waals surface area contributed by atoms with Crippen LogP contribution in [0, 0.1) is 10.1 Å². The van der Waals surface area contributed by atoms with Crippen LogP contribution in [0.4, 0.5) is 11.4 Å². The average molecular weight is 599 g/mol. The molecule has 1 aliphatic carbocycles. The summed E-state index contributed by atoms with van der Waals surface area (Å²) >= 11 is 5.98. The number of nitro benzene ring substituents is 1. The Hall–Kier alpha value is -4.83. The van der Waals surface area contributed by atoms with Crippen LogP contribution in [0.1, 0.15) is 48.9 Å². The van der Waals surface area contributed by atoms with E-state index in [4.69, 9.17) is 16.0 Å². The van der Waals surface area contributed by atoms with Gasteiger partial charge in [-0.3, -0.25) is 24.5 Å². The van der Waals surface area contributed by atoms with Crippen LogP contribution < -0.4 is 4.90 Å². The van der Waals surface area contributed by atoms with Gasteiger partial charge in [0.25, 0.3) is 17.5 Å². The van der Waals surface area contributed by atoms with Gasteiger partial charge in [-0.15, -0.1) is 0 Å². The number of halogens is 1. The summed E-state index contributed by atoms with van der Waals surface area (Å²) in [5, 5.41) is 11.4. The van der Waals surface area contributed by atoms with Crippen molar-refractivity contribution in [2.24, 2.45) is 0 Å². The number of carbonyl (C=O) groups is 3. The molecule has 3 amide bonds. The fourth-order valence-electron chi connectivity index (χ4n) is 5.63. The Morgan fingerprint density at radius 2 is 1.88 bits per heavy atom. The molecule has 1 unspecified atom stereocenters. The predicted molar refractivity (Wildman–Crippen MR) is 161 cm³/mol. The summed E-state index contributed by atoms with van der Waals surface area (Å²) in [4.78, 5) is 58.6. The van der Waals surface area contributed by atoms with Crippen molar-refractivity contribution >= 4 is 51.8 Å². The maximum Gasteiger partial charge on any atom is 0.288 e. The summed E-state index contributed by atoms with van der Waals surface area (Å²) in [6, 6.07) is 16.9. The van der Waals surface area contributed by atoms with E-state index in [0.717, 1.165) is 36.6 Å². The van der Waals surface area contributed by atoms with Crippen LogP contribution in [0.25, 0.3) is 22.6 Å². The number of para-hydroxylation sites is 2. The number of nitrogens with zero attached hydrogens (tertiary/aromatic N) is 4. The van der Waals surface area contributed by atoms with Crippen LogP contribution in [-0.4, -0.2) is 45.1 Å². The molecule has 6 rings (SSSR count). The van der Waals surface area contributed by atoms with Gasteiger partial charge in [-0.2, -0.15) is 0 Å². The summed E-state index contributed by atoms with van der Waals surface area (Å²) in [6.45, 7) is 0.190. The molecule has 1 saturated heterocycles. The van der Waals surface area contributed by atoms with Gasteiger partial charge in [-0.1, -0.05) is 35.4 Å². The van der Waals surface area contributed by atoms with Gasteiger partial charge in [0.05, 0.1) is 17.0 Å². The average Bonchev–Trinajstić information content (AvgIpc) is 3.58. The van der Waals surface area contributed by atoms with Gasteiger partial charge < -0.3 is 9.32 Å². The summed E-state index contributed by atoms with van der Waals surface area (Å²) in [6.07, 6.45) is 6.52. The first-order chi connectivity index (χ1) is 20.8. The fraction of sp³-hybridized carbons (Fsp3) is 0.250. The number of nitro groups is 1. The minimum Gasteiger partial charge on any atom is -0.436 e. The van der Waals surface area contributed by atoms with E-state index in [1.165, 1.54) is 22.6 Å². The minimum atomic E-state index is -1.06. The number of benzene rings is 3. The molecule has 4 aromatic rings. The Labute approximate surface area is 251 Å². The summed E-state index contributed by atoms with van der Waals surface area (Å²) in [7, 11) is 0. The molecular weight excluding hydrogens is 572 g/mol. The van der Waals surface area contributed by atoms with E-state index in [-0.39, 0.29) is 23.6 Å². The second-order valence-electron chi connectivity index (χ2n) is 10.6. The maximum atomic E-state index is 13.8. The van der Waals surface area contributed by atoms with Crippen LogP contribution >= 0.6 is 11.6 Å². The maximum absolute atomic E-state index is 13.8. The second-order valence-corrected chi connectivity index (χ2v) is 11.0. The molecule has 0 saturated carbocycles. The molecule has 3 aromatic carbocycles. The molecule has 1 aromatic heterocycles. The number of allylic oxidation sites excluding steroid dienone is 1. The van der Waals surface area contributed by atoms with Gasteiger partial charge in [0.1, 0.15) is 16.6 Å². The number of hydrogen-bond donors (Lipinski definition) is 0. The summed E-state index contributed by atoms with van der Waals surface area (Å²) in [5.41, 5.74) is 3.21. The highest BCUT2D eigenvalue weighted by atomic mass is 35.5. The van der Waals surface area contributed by atoms with E-state index in [2.05, 4.69) is 11.1 Å². The van der Waals surface area contributed by atoms with Crippen LogP contribution in [0.3, 0.4) is 0 Å². The molecular formula is C32H27ClN4O6. The number of rotatable bonds is 8. The lowest BCUT2D eigenvalue weighted by Gasteiger charge is -2.28. The number of anilines is 1. The molecule has 43 heavy (non-hydrogen) atoms. The molecule has 0 spiro atoms. The molecule has 1 aliphatic heterocycles. The molecule has 0 radical (unpaired) electrons. The van der Waals surface area contributed by atoms with Crippen LogP contribution in [0.15, 0.2) is 82.8 Å². The first-order valence-electron chi connectivity index (χ1n) is 14.1. The Balaban J connectivity index is 1.27. The first kappa shape index (κ1) is 28.3. The molecule has 2 aliphatic rings. The van der Waals surface area contributed by atoms with Crippen molar-refractivity contribution in [2.75, 3.05) is 11.4 Å². The number of amides is 3. The highest BCUT2D eigenvalue weighted by molar-refractivity contribution is 6.32. The van der Waals surface area contributed by atoms with Crippen molar-refractivity contribution in [3.63, 3.8) is 0 Å². The third-order valence-corrected chi connectivity index (χ3v) is 8.19. The SMILES string of the molecule is O=C1CC(N(CCC2=CCCCC2)C(=O)c2ccc(Cl)c([N+](=O)[O-])c2)C(=O)N1c1ccc(-c2nc3ccccc3o2)cc1. The van der Waals surface area contributed by atoms with E-state index >= 15 is 0 Å². The van der Waals surface area contributed by atoms with Crippen molar-refractivity contribution in [1.29, 1.82) is 0 Å². The third-order valence-electron chi connectivity index (χ3n) is 7.87. The normalized spacial score (nSPS) is 16.9. The van der Waals surface area contributed by atoms with E-state index in [1.807, 2.05) is 24.3 Å². The lowest BCUT2D eigenvalue weighted by molar-refractivity contribution is -0.384. The zero-order chi connectivity index (χ0) is 30.1. The van der Waals surface area contributed by atoms with E-state index < -0.39 is 34.4 Å². The molecule has 2 heterocycles. The van der Waals surface area contributed by atoms with Crippen molar-refractivity contribution < 1.29 is 23.7 Å². The number of fused-ring (bicyclic) bond motifs is 1. The first-order valence-corrected chi connectivity index (χ1v) is 14.4. The molecule has 11 heteroatoms. The third kappa shape index (κ3) is 5.65. The van der Waals surface area contributed by atoms with Gasteiger partial charge in [-0.05, 0) is 80.6 Å². The lowest BCUT2D eigenvalue weighted by Crippen LogP contribution is -2.46. The Bertz CT molecular complexity index is 1750. The Morgan fingerprint density at radius 1 is 1.09 bits per heavy atom. The number of imide groups is 1. The van der Waals surface area contributed by atoms with Crippen molar-refractivity contribution in [1.82, 2.24) is 9.88 Å². The Morgan fingerprint density at radius 3 is 2.60 bits per heavy atom. The lowest BCUT2D eigenvalue weighted by atomic mass is 9.96. The van der Waals surface area contributed by atoms with E-state index in [0.29, 0.717) is 34.7 Å². The number of aromatic nitrogens is 1. The van der Waals surface area contributed by atoms with Crippen LogP contribution in [0.5, 0.6) is 0 Å². The molecule has 10 nitrogen and oxygen atoms in total. The number of oxazole rings is 1. The molecule has 0 bridgehead atoms. The molecule has 218 valence electrons. The standard InChI is InChI=1S/C32H27ClN4O6/c33-24-15-12-22(18-26(24)37(41)42)31(39)35(17-16-20-6-2-1-3-7-20)27-19-29(38)36(32(27)40)23-13-10-21(11-14-23)30-34-25-8-4-5-9-28(25)43-30/h4-6,8-15,18,27H,1-3,7,16-17,19H2. The number of hydrogen-bond acceptors (Lipinski definition) is 7. The monoisotopic (exact) mass is 598 g/mol. The van der Waals surface area contributed by atoms with Gasteiger partial charge in [0, 0.05) is 23.7 Å². The topological polar surface area (TPSA) is 127 Å². The summed E-state index contributed by atoms with van der Waals surface area (Å²) in [5.74, 6) is -1.14. The van der Waals surface area contributed by atoms with E-state index in [1.54, 1.807) is 24.3 Å². The largest absolute Gasteiger partial charge is 0.436 e. The highest BCUT2D eigenvalue weighted by Gasteiger charge is 2.44. The van der Waals surface area contributed by atoms with Crippen molar-refractivity contribution in [3.05, 3.63) is 99.1 Å².